The summed E-state index contributed by atoms with van der Waals surface area (Å²) in [6.07, 6.45) is 0.146. The molecule has 3 rings (SSSR count). The first-order chi connectivity index (χ1) is 7.75. The number of hydrogen-bond acceptors (Lipinski definition) is 2. The van der Waals surface area contributed by atoms with Gasteiger partial charge >= 0.3 is 0 Å². The first-order valence-corrected chi connectivity index (χ1v) is 5.63. The standard InChI is InChI=1S/C14H14O2/c15-13-6-5-11-7-9-3-1-2-4-10(9)8-12(11)14(13)16/h1-4,7-8,13-16H,5-6H2/t13-,14+/m0/s1. The highest BCUT2D eigenvalue weighted by molar-refractivity contribution is 5.84. The first-order valence-electron chi connectivity index (χ1n) is 5.63. The molecule has 0 unspecified atom stereocenters. The molecule has 2 N–H and O–H groups in total. The molecule has 0 saturated carbocycles. The van der Waals surface area contributed by atoms with Crippen molar-refractivity contribution in [3.8, 4) is 0 Å². The second-order valence-electron chi connectivity index (χ2n) is 4.45. The van der Waals surface area contributed by atoms with E-state index in [-0.39, 0.29) is 0 Å². The number of rotatable bonds is 0. The highest BCUT2D eigenvalue weighted by Gasteiger charge is 2.26. The largest absolute Gasteiger partial charge is 0.390 e. The summed E-state index contributed by atoms with van der Waals surface area (Å²) in [5, 5.41) is 21.9. The Hall–Kier alpha value is -1.38. The Morgan fingerprint density at radius 3 is 2.44 bits per heavy atom. The lowest BCUT2D eigenvalue weighted by Crippen LogP contribution is -2.24. The molecular weight excluding hydrogens is 200 g/mol. The summed E-state index contributed by atoms with van der Waals surface area (Å²) in [5.41, 5.74) is 2.05. The number of aryl methyl sites for hydroxylation is 1. The van der Waals surface area contributed by atoms with Crippen molar-refractivity contribution in [3.63, 3.8) is 0 Å². The second kappa shape index (κ2) is 3.58. The minimum absolute atomic E-state index is 0.617. The molecule has 1 aliphatic rings. The Bertz CT molecular complexity index is 533. The predicted octanol–water partition coefficient (Wildman–Crippen LogP) is 2.18. The molecule has 0 amide bonds. The smallest absolute Gasteiger partial charge is 0.105 e. The number of fused-ring (bicyclic) bond motifs is 2. The molecule has 16 heavy (non-hydrogen) atoms. The molecule has 0 aliphatic heterocycles. The van der Waals surface area contributed by atoms with Gasteiger partial charge < -0.3 is 10.2 Å². The summed E-state index contributed by atoms with van der Waals surface area (Å²) in [7, 11) is 0. The van der Waals surface area contributed by atoms with Crippen LogP contribution in [0, 0.1) is 0 Å². The van der Waals surface area contributed by atoms with Crippen LogP contribution in [-0.2, 0) is 6.42 Å². The van der Waals surface area contributed by atoms with Gasteiger partial charge in [-0.25, -0.2) is 0 Å². The van der Waals surface area contributed by atoms with Gasteiger partial charge in [-0.05, 0) is 40.8 Å². The lowest BCUT2D eigenvalue weighted by atomic mass is 9.86. The van der Waals surface area contributed by atoms with Gasteiger partial charge in [-0.1, -0.05) is 30.3 Å². The molecule has 2 nitrogen and oxygen atoms in total. The quantitative estimate of drug-likeness (QED) is 0.705. The van der Waals surface area contributed by atoms with Gasteiger partial charge in [-0.3, -0.25) is 0 Å². The van der Waals surface area contributed by atoms with Crippen LogP contribution in [0.4, 0.5) is 0 Å². The Labute approximate surface area is 94.2 Å². The molecule has 0 aromatic heterocycles. The fourth-order valence-electron chi connectivity index (χ4n) is 2.47. The SMILES string of the molecule is O[C@@H]1c2cc3ccccc3cc2CC[C@@H]1O. The predicted molar refractivity (Wildman–Crippen MR) is 63.2 cm³/mol. The van der Waals surface area contributed by atoms with Crippen LogP contribution in [0.1, 0.15) is 23.7 Å². The topological polar surface area (TPSA) is 40.5 Å². The van der Waals surface area contributed by atoms with Gasteiger partial charge in [0.25, 0.3) is 0 Å². The van der Waals surface area contributed by atoms with Crippen molar-refractivity contribution in [2.75, 3.05) is 0 Å². The Balaban J connectivity index is 2.23. The molecule has 2 heteroatoms. The lowest BCUT2D eigenvalue weighted by Gasteiger charge is -2.26. The average molecular weight is 214 g/mol. The maximum Gasteiger partial charge on any atom is 0.105 e. The van der Waals surface area contributed by atoms with Crippen LogP contribution in [0.15, 0.2) is 36.4 Å². The molecule has 2 aromatic rings. The van der Waals surface area contributed by atoms with Crippen molar-refractivity contribution in [3.05, 3.63) is 47.5 Å². The molecule has 0 bridgehead atoms. The van der Waals surface area contributed by atoms with Crippen LogP contribution < -0.4 is 0 Å². The molecule has 0 spiro atoms. The van der Waals surface area contributed by atoms with E-state index in [1.54, 1.807) is 0 Å². The van der Waals surface area contributed by atoms with Crippen molar-refractivity contribution in [1.82, 2.24) is 0 Å². The maximum atomic E-state index is 9.94. The van der Waals surface area contributed by atoms with E-state index in [0.29, 0.717) is 6.42 Å². The first kappa shape index (κ1) is 9.82. The summed E-state index contributed by atoms with van der Waals surface area (Å²) >= 11 is 0. The van der Waals surface area contributed by atoms with Crippen molar-refractivity contribution in [2.45, 2.75) is 25.0 Å². The van der Waals surface area contributed by atoms with E-state index >= 15 is 0 Å². The van der Waals surface area contributed by atoms with Crippen LogP contribution in [0.3, 0.4) is 0 Å². The molecule has 0 radical (unpaired) electrons. The number of benzene rings is 2. The average Bonchev–Trinajstić information content (AvgIpc) is 2.32. The highest BCUT2D eigenvalue weighted by Crippen LogP contribution is 2.32. The summed E-state index contributed by atoms with van der Waals surface area (Å²) in [6.45, 7) is 0. The minimum atomic E-state index is -0.728. The minimum Gasteiger partial charge on any atom is -0.390 e. The molecule has 82 valence electrons. The number of aliphatic hydroxyl groups excluding tert-OH is 2. The molecule has 1 aliphatic carbocycles. The van der Waals surface area contributed by atoms with Crippen molar-refractivity contribution < 1.29 is 10.2 Å². The second-order valence-corrected chi connectivity index (χ2v) is 4.45. The van der Waals surface area contributed by atoms with Gasteiger partial charge in [0.2, 0.25) is 0 Å². The zero-order valence-electron chi connectivity index (χ0n) is 8.93. The highest BCUT2D eigenvalue weighted by atomic mass is 16.3. The van der Waals surface area contributed by atoms with Gasteiger partial charge in [0, 0.05) is 0 Å². The molecule has 2 aromatic carbocycles. The Morgan fingerprint density at radius 1 is 1.00 bits per heavy atom. The lowest BCUT2D eigenvalue weighted by molar-refractivity contribution is 0.00660. The van der Waals surface area contributed by atoms with E-state index in [1.807, 2.05) is 24.3 Å². The fraction of sp³-hybridized carbons (Fsp3) is 0.286. The van der Waals surface area contributed by atoms with E-state index in [4.69, 9.17) is 0 Å². The molecule has 0 heterocycles. The molecular formula is C14H14O2. The van der Waals surface area contributed by atoms with Gasteiger partial charge in [0.1, 0.15) is 6.10 Å². The Morgan fingerprint density at radius 2 is 1.69 bits per heavy atom. The van der Waals surface area contributed by atoms with E-state index in [1.165, 1.54) is 5.39 Å². The normalized spacial score (nSPS) is 24.4. The van der Waals surface area contributed by atoms with E-state index in [2.05, 4.69) is 12.1 Å². The fourth-order valence-corrected chi connectivity index (χ4v) is 2.47. The maximum absolute atomic E-state index is 9.94. The van der Waals surface area contributed by atoms with Gasteiger partial charge in [-0.2, -0.15) is 0 Å². The molecule has 2 atom stereocenters. The summed E-state index contributed by atoms with van der Waals surface area (Å²) in [6, 6.07) is 12.2. The van der Waals surface area contributed by atoms with E-state index < -0.39 is 12.2 Å². The van der Waals surface area contributed by atoms with Crippen LogP contribution in [0.2, 0.25) is 0 Å². The van der Waals surface area contributed by atoms with Crippen LogP contribution in [-0.4, -0.2) is 16.3 Å². The van der Waals surface area contributed by atoms with Crippen molar-refractivity contribution in [2.24, 2.45) is 0 Å². The van der Waals surface area contributed by atoms with Gasteiger partial charge in [0.15, 0.2) is 0 Å². The molecule has 0 fully saturated rings. The summed E-state index contributed by atoms with van der Waals surface area (Å²) in [5.74, 6) is 0. The number of aliphatic hydroxyl groups is 2. The van der Waals surface area contributed by atoms with Crippen molar-refractivity contribution in [1.29, 1.82) is 0 Å². The van der Waals surface area contributed by atoms with E-state index in [9.17, 15) is 10.2 Å². The van der Waals surface area contributed by atoms with Crippen molar-refractivity contribution >= 4 is 10.8 Å². The van der Waals surface area contributed by atoms with Crippen LogP contribution in [0.25, 0.3) is 10.8 Å². The van der Waals surface area contributed by atoms with Crippen LogP contribution >= 0.6 is 0 Å². The summed E-state index contributed by atoms with van der Waals surface area (Å²) in [4.78, 5) is 0. The Kier molecular flexibility index (Phi) is 2.20. The third-order valence-corrected chi connectivity index (χ3v) is 3.40. The van der Waals surface area contributed by atoms with Gasteiger partial charge in [-0.15, -0.1) is 0 Å². The zero-order valence-corrected chi connectivity index (χ0v) is 8.93. The number of hydrogen-bond donors (Lipinski definition) is 2. The molecule has 0 saturated heterocycles. The zero-order chi connectivity index (χ0) is 11.1. The summed E-state index contributed by atoms with van der Waals surface area (Å²) < 4.78 is 0. The third-order valence-electron chi connectivity index (χ3n) is 3.40. The van der Waals surface area contributed by atoms with Gasteiger partial charge in [0.05, 0.1) is 6.10 Å². The van der Waals surface area contributed by atoms with Crippen LogP contribution in [0.5, 0.6) is 0 Å². The monoisotopic (exact) mass is 214 g/mol. The third kappa shape index (κ3) is 1.42. The van der Waals surface area contributed by atoms with E-state index in [0.717, 1.165) is 22.9 Å².